The number of alkyl halides is 2. The number of nitrogens with one attached hydrogen (secondary N) is 1. The minimum atomic E-state index is -3.68. The summed E-state index contributed by atoms with van der Waals surface area (Å²) in [6, 6.07) is 14.3. The third-order valence-electron chi connectivity index (χ3n) is 7.76. The topological polar surface area (TPSA) is 69.0 Å². The summed E-state index contributed by atoms with van der Waals surface area (Å²) in [5, 5.41) is 3.18. The van der Waals surface area contributed by atoms with Crippen LogP contribution in [0.5, 0.6) is 17.2 Å². The summed E-state index contributed by atoms with van der Waals surface area (Å²) in [7, 11) is 1.88. The normalized spacial score (nSPS) is 17.2. The summed E-state index contributed by atoms with van der Waals surface area (Å²) >= 11 is 0. The molecule has 5 rings (SSSR count). The van der Waals surface area contributed by atoms with Crippen molar-refractivity contribution < 1.29 is 23.0 Å². The van der Waals surface area contributed by atoms with E-state index in [0.29, 0.717) is 32.0 Å². The van der Waals surface area contributed by atoms with Crippen LogP contribution in [0.15, 0.2) is 42.5 Å². The molecular weight excluding hydrogens is 500 g/mol. The Morgan fingerprint density at radius 3 is 2.54 bits per heavy atom. The smallest absolute Gasteiger partial charge is 0.488 e. The van der Waals surface area contributed by atoms with E-state index >= 15 is 0 Å². The molecule has 2 aliphatic heterocycles. The standard InChI is InChI=1S/C31H37F2N3O3/c1-18-7-8-20(26(30(3,4)5)23-10-11-24(35-6)27(34)19(23)2)15-22(18)17-36-13-14-37-28-21(16-36)9-12-25-29(28)39-31(32,33)38-25/h7-12,15,26,35H,13-14,16-17,34H2,1-6H3. The van der Waals surface area contributed by atoms with E-state index in [4.69, 9.17) is 15.2 Å². The summed E-state index contributed by atoms with van der Waals surface area (Å²) in [6.07, 6.45) is -3.68. The van der Waals surface area contributed by atoms with Gasteiger partial charge in [-0.3, -0.25) is 4.90 Å². The molecule has 0 fully saturated rings. The van der Waals surface area contributed by atoms with Crippen molar-refractivity contribution in [2.24, 2.45) is 5.41 Å². The number of rotatable bonds is 5. The highest BCUT2D eigenvalue weighted by atomic mass is 19.3. The van der Waals surface area contributed by atoms with Crippen molar-refractivity contribution in [3.05, 3.63) is 75.8 Å². The third kappa shape index (κ3) is 5.22. The predicted octanol–water partition coefficient (Wildman–Crippen LogP) is 6.82. The van der Waals surface area contributed by atoms with Gasteiger partial charge < -0.3 is 25.3 Å². The van der Waals surface area contributed by atoms with Gasteiger partial charge in [-0.05, 0) is 59.2 Å². The van der Waals surface area contributed by atoms with Crippen molar-refractivity contribution in [3.8, 4) is 17.2 Å². The molecule has 0 aliphatic carbocycles. The molecule has 3 aromatic rings. The van der Waals surface area contributed by atoms with Crippen LogP contribution in [0.4, 0.5) is 20.2 Å². The quantitative estimate of drug-likeness (QED) is 0.348. The Balaban J connectivity index is 1.45. The zero-order valence-electron chi connectivity index (χ0n) is 23.5. The summed E-state index contributed by atoms with van der Waals surface area (Å²) < 4.78 is 42.6. The molecule has 0 spiro atoms. The molecule has 0 saturated carbocycles. The maximum atomic E-state index is 13.7. The van der Waals surface area contributed by atoms with Crippen LogP contribution in [0.25, 0.3) is 0 Å². The van der Waals surface area contributed by atoms with Gasteiger partial charge in [0.1, 0.15) is 6.61 Å². The zero-order valence-corrected chi connectivity index (χ0v) is 23.5. The van der Waals surface area contributed by atoms with Gasteiger partial charge >= 0.3 is 6.29 Å². The number of fused-ring (bicyclic) bond motifs is 3. The fraction of sp³-hybridized carbons (Fsp3) is 0.419. The molecule has 0 radical (unpaired) electrons. The van der Waals surface area contributed by atoms with Crippen molar-refractivity contribution in [2.75, 3.05) is 31.2 Å². The van der Waals surface area contributed by atoms with E-state index < -0.39 is 6.29 Å². The second-order valence-electron chi connectivity index (χ2n) is 11.6. The van der Waals surface area contributed by atoms with E-state index in [1.54, 1.807) is 6.07 Å². The van der Waals surface area contributed by atoms with Gasteiger partial charge in [0.25, 0.3) is 0 Å². The number of anilines is 2. The first-order valence-corrected chi connectivity index (χ1v) is 13.3. The van der Waals surface area contributed by atoms with E-state index in [-0.39, 0.29) is 22.8 Å². The Kier molecular flexibility index (Phi) is 6.87. The largest absolute Gasteiger partial charge is 0.586 e. The second kappa shape index (κ2) is 9.90. The SMILES string of the molecule is CNc1ccc(C(c2ccc(C)c(CN3CCOc4c(ccc5c4OC(F)(F)O5)C3)c2)C(C)(C)C)c(C)c1N. The maximum Gasteiger partial charge on any atom is 0.586 e. The van der Waals surface area contributed by atoms with Gasteiger partial charge in [-0.15, -0.1) is 8.78 Å². The highest BCUT2D eigenvalue weighted by Gasteiger charge is 2.46. The van der Waals surface area contributed by atoms with Crippen LogP contribution >= 0.6 is 0 Å². The lowest BCUT2D eigenvalue weighted by Crippen LogP contribution is -2.26. The van der Waals surface area contributed by atoms with Gasteiger partial charge in [-0.25, -0.2) is 0 Å². The number of nitrogens with zero attached hydrogens (tertiary/aromatic N) is 1. The average Bonchev–Trinajstić information content (AvgIpc) is 3.04. The number of nitrogens with two attached hydrogens (primary N) is 1. The minimum Gasteiger partial charge on any atom is -0.488 e. The number of nitrogen functional groups attached to an aromatic ring is 1. The monoisotopic (exact) mass is 537 g/mol. The van der Waals surface area contributed by atoms with Gasteiger partial charge in [-0.1, -0.05) is 51.1 Å². The number of hydrogen-bond donors (Lipinski definition) is 2. The molecule has 2 aliphatic rings. The number of benzene rings is 3. The number of halogens is 2. The van der Waals surface area contributed by atoms with Crippen LogP contribution in [0.1, 0.15) is 60.1 Å². The van der Waals surface area contributed by atoms with E-state index in [1.165, 1.54) is 28.3 Å². The number of aryl methyl sites for hydroxylation is 1. The van der Waals surface area contributed by atoms with Crippen molar-refractivity contribution >= 4 is 11.4 Å². The Morgan fingerprint density at radius 1 is 1.05 bits per heavy atom. The molecular formula is C31H37F2N3O3. The predicted molar refractivity (Wildman–Crippen MR) is 150 cm³/mol. The van der Waals surface area contributed by atoms with Crippen LogP contribution in [-0.2, 0) is 13.1 Å². The third-order valence-corrected chi connectivity index (χ3v) is 7.76. The van der Waals surface area contributed by atoms with Gasteiger partial charge in [0, 0.05) is 38.2 Å². The van der Waals surface area contributed by atoms with Gasteiger partial charge in [0.2, 0.25) is 5.75 Å². The number of ether oxygens (including phenoxy) is 3. The molecule has 208 valence electrons. The first kappa shape index (κ1) is 27.1. The molecule has 1 unspecified atom stereocenters. The van der Waals surface area contributed by atoms with Crippen LogP contribution in [-0.4, -0.2) is 31.4 Å². The first-order chi connectivity index (χ1) is 18.4. The summed E-state index contributed by atoms with van der Waals surface area (Å²) in [4.78, 5) is 2.27. The summed E-state index contributed by atoms with van der Waals surface area (Å²) in [5.41, 5.74) is 14.9. The van der Waals surface area contributed by atoms with Crippen molar-refractivity contribution in [2.45, 2.75) is 59.9 Å². The van der Waals surface area contributed by atoms with Gasteiger partial charge in [0.05, 0.1) is 11.4 Å². The Morgan fingerprint density at radius 2 is 1.82 bits per heavy atom. The summed E-state index contributed by atoms with van der Waals surface area (Å²) in [5.74, 6) is 0.454. The number of hydrogen-bond acceptors (Lipinski definition) is 6. The van der Waals surface area contributed by atoms with Gasteiger partial charge in [0.15, 0.2) is 11.5 Å². The maximum absolute atomic E-state index is 13.7. The minimum absolute atomic E-state index is 0.00245. The molecule has 6 nitrogen and oxygen atoms in total. The Labute approximate surface area is 229 Å². The molecule has 8 heteroatoms. The van der Waals surface area contributed by atoms with Crippen LogP contribution in [0, 0.1) is 19.3 Å². The molecule has 0 aromatic heterocycles. The first-order valence-electron chi connectivity index (χ1n) is 13.3. The highest BCUT2D eigenvalue weighted by Crippen LogP contribution is 2.49. The zero-order chi connectivity index (χ0) is 28.1. The molecule has 3 aromatic carbocycles. The molecule has 39 heavy (non-hydrogen) atoms. The fourth-order valence-corrected chi connectivity index (χ4v) is 5.75. The molecule has 0 saturated heterocycles. The van der Waals surface area contributed by atoms with Crippen LogP contribution in [0.2, 0.25) is 0 Å². The van der Waals surface area contributed by atoms with E-state index in [9.17, 15) is 8.78 Å². The van der Waals surface area contributed by atoms with Crippen LogP contribution in [0.3, 0.4) is 0 Å². The van der Waals surface area contributed by atoms with Crippen molar-refractivity contribution in [3.63, 3.8) is 0 Å². The average molecular weight is 538 g/mol. The van der Waals surface area contributed by atoms with Crippen molar-refractivity contribution in [1.29, 1.82) is 0 Å². The Hall–Kier alpha value is -3.52. The lowest BCUT2D eigenvalue weighted by atomic mass is 9.71. The Bertz CT molecular complexity index is 1400. The van der Waals surface area contributed by atoms with Crippen molar-refractivity contribution in [1.82, 2.24) is 4.90 Å². The van der Waals surface area contributed by atoms with E-state index in [1.807, 2.05) is 7.05 Å². The lowest BCUT2D eigenvalue weighted by molar-refractivity contribution is -0.287. The molecule has 2 heterocycles. The molecule has 1 atom stereocenters. The molecule has 3 N–H and O–H groups in total. The lowest BCUT2D eigenvalue weighted by Gasteiger charge is -2.34. The molecule has 0 bridgehead atoms. The summed E-state index contributed by atoms with van der Waals surface area (Å²) in [6.45, 7) is 13.2. The van der Waals surface area contributed by atoms with E-state index in [2.05, 4.69) is 79.9 Å². The molecule has 0 amide bonds. The van der Waals surface area contributed by atoms with Crippen LogP contribution < -0.4 is 25.3 Å². The second-order valence-corrected chi connectivity index (χ2v) is 11.6. The van der Waals surface area contributed by atoms with E-state index in [0.717, 1.165) is 22.5 Å². The fourth-order valence-electron chi connectivity index (χ4n) is 5.75. The highest BCUT2D eigenvalue weighted by molar-refractivity contribution is 5.72. The van der Waals surface area contributed by atoms with Gasteiger partial charge in [-0.2, -0.15) is 0 Å².